The maximum Gasteiger partial charge on any atom is 0.0342 e. The molecular formula is C11H14S. The molecule has 0 N–H and O–H groups in total. The normalized spacial score (nSPS) is 29.8. The lowest BCUT2D eigenvalue weighted by Crippen LogP contribution is -2.06. The summed E-state index contributed by atoms with van der Waals surface area (Å²) < 4.78 is 0. The van der Waals surface area contributed by atoms with Gasteiger partial charge in [-0.1, -0.05) is 37.1 Å². The molecule has 64 valence electrons. The van der Waals surface area contributed by atoms with Gasteiger partial charge in [0.05, 0.1) is 0 Å². The quantitative estimate of drug-likeness (QED) is 0.625. The molecule has 2 aliphatic carbocycles. The minimum Gasteiger partial charge on any atom is -0.150 e. The van der Waals surface area contributed by atoms with Crippen molar-refractivity contribution in [3.05, 3.63) is 30.7 Å². The van der Waals surface area contributed by atoms with Gasteiger partial charge in [-0.15, -0.1) is 11.8 Å². The molecule has 2 rings (SSSR count). The van der Waals surface area contributed by atoms with Crippen molar-refractivity contribution in [2.45, 2.75) is 36.2 Å². The number of allylic oxidation sites excluding steroid dienone is 3. The number of hydrogen-bond donors (Lipinski definition) is 0. The minimum absolute atomic E-state index is 0.526. The van der Waals surface area contributed by atoms with Crippen LogP contribution in [0.5, 0.6) is 0 Å². The smallest absolute Gasteiger partial charge is 0.0342 e. The van der Waals surface area contributed by atoms with E-state index in [0.717, 1.165) is 5.25 Å². The first-order chi connectivity index (χ1) is 5.95. The highest BCUT2D eigenvalue weighted by Crippen LogP contribution is 2.34. The molecule has 0 heterocycles. The van der Waals surface area contributed by atoms with Crippen molar-refractivity contribution in [1.82, 2.24) is 0 Å². The maximum atomic E-state index is 3.34. The molecule has 12 heavy (non-hydrogen) atoms. The van der Waals surface area contributed by atoms with E-state index >= 15 is 0 Å². The number of thioether (sulfide) groups is 1. The zero-order valence-corrected chi connectivity index (χ0v) is 8.02. The van der Waals surface area contributed by atoms with Gasteiger partial charge >= 0.3 is 0 Å². The predicted molar refractivity (Wildman–Crippen MR) is 55.2 cm³/mol. The summed E-state index contributed by atoms with van der Waals surface area (Å²) in [5.74, 6) is 0. The Balaban J connectivity index is 1.78. The van der Waals surface area contributed by atoms with Crippen LogP contribution in [0.15, 0.2) is 24.3 Å². The standard InChI is InChI=1S/C11H14S/c1-2-6-10(7-3-1)12-11-8-4-5-9-11/h1-3,6,10-11H,4-5,8-9H2. The summed E-state index contributed by atoms with van der Waals surface area (Å²) in [6.07, 6.45) is 17.5. The topological polar surface area (TPSA) is 0 Å². The van der Waals surface area contributed by atoms with E-state index in [-0.39, 0.29) is 0 Å². The van der Waals surface area contributed by atoms with Crippen LogP contribution in [0.4, 0.5) is 0 Å². The van der Waals surface area contributed by atoms with Crippen LogP contribution in [0.3, 0.4) is 0 Å². The fraction of sp³-hybridized carbons (Fsp3) is 0.545. The second-order valence-corrected chi connectivity index (χ2v) is 4.82. The SMILES string of the molecule is [C]1C=CC=CC1SC1CCCC1. The Hall–Kier alpha value is -0.170. The Morgan fingerprint density at radius 3 is 2.67 bits per heavy atom. The first-order valence-electron chi connectivity index (χ1n) is 4.70. The van der Waals surface area contributed by atoms with Crippen molar-refractivity contribution >= 4 is 11.8 Å². The van der Waals surface area contributed by atoms with E-state index in [1.807, 2.05) is 12.2 Å². The Bertz CT molecular complexity index is 187. The van der Waals surface area contributed by atoms with E-state index < -0.39 is 0 Å². The summed E-state index contributed by atoms with van der Waals surface area (Å²) in [5.41, 5.74) is 0. The summed E-state index contributed by atoms with van der Waals surface area (Å²) in [6.45, 7) is 0. The fourth-order valence-electron chi connectivity index (χ4n) is 1.74. The summed E-state index contributed by atoms with van der Waals surface area (Å²) in [5, 5.41) is 1.43. The van der Waals surface area contributed by atoms with Crippen LogP contribution in [-0.4, -0.2) is 10.5 Å². The average molecular weight is 178 g/mol. The van der Waals surface area contributed by atoms with Crippen molar-refractivity contribution in [2.24, 2.45) is 0 Å². The molecule has 0 aromatic carbocycles. The summed E-state index contributed by atoms with van der Waals surface area (Å²) in [7, 11) is 0. The van der Waals surface area contributed by atoms with E-state index in [0.29, 0.717) is 5.25 Å². The van der Waals surface area contributed by atoms with Crippen LogP contribution in [0.2, 0.25) is 0 Å². The van der Waals surface area contributed by atoms with Gasteiger partial charge in [-0.25, -0.2) is 0 Å². The van der Waals surface area contributed by atoms with Gasteiger partial charge < -0.3 is 0 Å². The summed E-state index contributed by atoms with van der Waals surface area (Å²) >= 11 is 2.08. The van der Waals surface area contributed by atoms with Crippen molar-refractivity contribution in [3.63, 3.8) is 0 Å². The van der Waals surface area contributed by atoms with Gasteiger partial charge in [0, 0.05) is 16.9 Å². The Kier molecular flexibility index (Phi) is 2.93. The fourth-order valence-corrected chi connectivity index (χ4v) is 3.10. The molecule has 1 fully saturated rings. The van der Waals surface area contributed by atoms with Gasteiger partial charge in [0.2, 0.25) is 0 Å². The molecular weight excluding hydrogens is 164 g/mol. The minimum atomic E-state index is 0.526. The second-order valence-electron chi connectivity index (χ2n) is 3.37. The molecule has 1 saturated carbocycles. The van der Waals surface area contributed by atoms with E-state index in [4.69, 9.17) is 0 Å². The van der Waals surface area contributed by atoms with Gasteiger partial charge in [-0.05, 0) is 12.8 Å². The molecule has 0 saturated heterocycles. The van der Waals surface area contributed by atoms with Gasteiger partial charge in [0.15, 0.2) is 0 Å². The monoisotopic (exact) mass is 178 g/mol. The first kappa shape index (κ1) is 8.43. The van der Waals surface area contributed by atoms with Crippen LogP contribution in [0, 0.1) is 6.42 Å². The van der Waals surface area contributed by atoms with Gasteiger partial charge in [-0.2, -0.15) is 0 Å². The Morgan fingerprint density at radius 2 is 2.00 bits per heavy atom. The molecule has 2 aliphatic rings. The summed E-state index contributed by atoms with van der Waals surface area (Å²) in [6, 6.07) is 0. The zero-order chi connectivity index (χ0) is 8.23. The highest BCUT2D eigenvalue weighted by atomic mass is 32.2. The van der Waals surface area contributed by atoms with Crippen LogP contribution >= 0.6 is 11.8 Å². The lowest BCUT2D eigenvalue weighted by Gasteiger charge is -2.16. The lowest BCUT2D eigenvalue weighted by atomic mass is 10.2. The molecule has 1 atom stereocenters. The van der Waals surface area contributed by atoms with Gasteiger partial charge in [0.25, 0.3) is 0 Å². The van der Waals surface area contributed by atoms with Gasteiger partial charge in [0.1, 0.15) is 0 Å². The first-order valence-corrected chi connectivity index (χ1v) is 5.64. The van der Waals surface area contributed by atoms with E-state index in [1.54, 1.807) is 0 Å². The maximum absolute atomic E-state index is 3.34. The molecule has 0 spiro atoms. The third-order valence-corrected chi connectivity index (χ3v) is 3.84. The summed E-state index contributed by atoms with van der Waals surface area (Å²) in [4.78, 5) is 0. The molecule has 0 aromatic rings. The largest absolute Gasteiger partial charge is 0.150 e. The molecule has 1 unspecified atom stereocenters. The van der Waals surface area contributed by atoms with E-state index in [9.17, 15) is 0 Å². The number of hydrogen-bond acceptors (Lipinski definition) is 1. The van der Waals surface area contributed by atoms with E-state index in [2.05, 4.69) is 30.3 Å². The predicted octanol–water partition coefficient (Wildman–Crippen LogP) is 3.24. The molecule has 1 heteroatoms. The lowest BCUT2D eigenvalue weighted by molar-refractivity contribution is 0.886. The zero-order valence-electron chi connectivity index (χ0n) is 7.20. The molecule has 0 aliphatic heterocycles. The third kappa shape index (κ3) is 2.16. The Labute approximate surface area is 79.1 Å². The molecule has 2 radical (unpaired) electrons. The van der Waals surface area contributed by atoms with Crippen molar-refractivity contribution in [2.75, 3.05) is 0 Å². The second kappa shape index (κ2) is 4.18. The van der Waals surface area contributed by atoms with Crippen LogP contribution in [0.25, 0.3) is 0 Å². The molecule has 0 nitrogen and oxygen atoms in total. The van der Waals surface area contributed by atoms with E-state index in [1.165, 1.54) is 25.7 Å². The Morgan fingerprint density at radius 1 is 1.17 bits per heavy atom. The molecule has 0 aromatic heterocycles. The van der Waals surface area contributed by atoms with Crippen LogP contribution in [-0.2, 0) is 0 Å². The third-order valence-electron chi connectivity index (χ3n) is 2.39. The highest BCUT2D eigenvalue weighted by Gasteiger charge is 2.19. The van der Waals surface area contributed by atoms with Crippen molar-refractivity contribution in [1.29, 1.82) is 0 Å². The molecule has 0 amide bonds. The highest BCUT2D eigenvalue weighted by molar-refractivity contribution is 8.00. The van der Waals surface area contributed by atoms with Crippen LogP contribution in [0.1, 0.15) is 25.7 Å². The molecule has 0 bridgehead atoms. The van der Waals surface area contributed by atoms with Crippen molar-refractivity contribution in [3.8, 4) is 0 Å². The average Bonchev–Trinajstić information content (AvgIpc) is 2.59. The van der Waals surface area contributed by atoms with Gasteiger partial charge in [-0.3, -0.25) is 0 Å². The van der Waals surface area contributed by atoms with Crippen molar-refractivity contribution < 1.29 is 0 Å². The van der Waals surface area contributed by atoms with Crippen LogP contribution < -0.4 is 0 Å². The number of rotatable bonds is 2.